The maximum atomic E-state index is 3.57. The van der Waals surface area contributed by atoms with Gasteiger partial charge in [-0.15, -0.1) is 0 Å². The van der Waals surface area contributed by atoms with Crippen LogP contribution in [0.25, 0.3) is 0 Å². The molecule has 1 rings (SSSR count). The van der Waals surface area contributed by atoms with Crippen molar-refractivity contribution in [3.8, 4) is 0 Å². The van der Waals surface area contributed by atoms with E-state index in [1.807, 2.05) is 0 Å². The van der Waals surface area contributed by atoms with Crippen molar-refractivity contribution in [2.75, 3.05) is 0 Å². The topological polar surface area (TPSA) is 12.0 Å². The summed E-state index contributed by atoms with van der Waals surface area (Å²) in [7, 11) is 0. The van der Waals surface area contributed by atoms with Gasteiger partial charge in [0.1, 0.15) is 0 Å². The highest BCUT2D eigenvalue weighted by Crippen LogP contribution is 2.40. The Labute approximate surface area is 107 Å². The van der Waals surface area contributed by atoms with Crippen molar-refractivity contribution >= 4 is 0 Å². The molecular weight excluding hydrogens is 206 g/mol. The van der Waals surface area contributed by atoms with Gasteiger partial charge in [-0.25, -0.2) is 0 Å². The van der Waals surface area contributed by atoms with Crippen LogP contribution in [0.1, 0.15) is 67.7 Å². The Morgan fingerprint density at radius 3 is 2.06 bits per heavy atom. The van der Waals surface area contributed by atoms with E-state index in [-0.39, 0.29) is 10.8 Å². The minimum absolute atomic E-state index is 0.205. The monoisotopic (exact) mass is 235 g/mol. The SMILES string of the molecule is CCCC1=CNC(C(C)(C)C)=C(C(C)(C)C)C1. The maximum absolute atomic E-state index is 3.57. The zero-order valence-corrected chi connectivity index (χ0v) is 12.7. The van der Waals surface area contributed by atoms with Gasteiger partial charge in [0.25, 0.3) is 0 Å². The van der Waals surface area contributed by atoms with Crippen molar-refractivity contribution in [3.05, 3.63) is 23.0 Å². The number of hydrogen-bond donors (Lipinski definition) is 1. The lowest BCUT2D eigenvalue weighted by Gasteiger charge is -2.36. The third-order valence-electron chi connectivity index (χ3n) is 3.35. The van der Waals surface area contributed by atoms with E-state index in [9.17, 15) is 0 Å². The first-order chi connectivity index (χ1) is 7.66. The van der Waals surface area contributed by atoms with Gasteiger partial charge in [-0.3, -0.25) is 0 Å². The van der Waals surface area contributed by atoms with Gasteiger partial charge >= 0.3 is 0 Å². The molecule has 1 heterocycles. The fourth-order valence-corrected chi connectivity index (χ4v) is 2.42. The summed E-state index contributed by atoms with van der Waals surface area (Å²) < 4.78 is 0. The first-order valence-corrected chi connectivity index (χ1v) is 6.85. The van der Waals surface area contributed by atoms with Crippen LogP contribution in [0.15, 0.2) is 23.0 Å². The molecule has 1 heteroatoms. The van der Waals surface area contributed by atoms with Crippen molar-refractivity contribution in [2.24, 2.45) is 10.8 Å². The molecule has 0 aromatic carbocycles. The molecule has 0 saturated carbocycles. The van der Waals surface area contributed by atoms with Crippen LogP contribution >= 0.6 is 0 Å². The smallest absolute Gasteiger partial charge is 0.0201 e. The number of hydrogen-bond acceptors (Lipinski definition) is 1. The Bertz CT molecular complexity index is 332. The molecule has 1 N–H and O–H groups in total. The predicted octanol–water partition coefficient (Wildman–Crippen LogP) is 5.01. The van der Waals surface area contributed by atoms with Crippen LogP contribution < -0.4 is 5.32 Å². The zero-order chi connectivity index (χ0) is 13.3. The van der Waals surface area contributed by atoms with Crippen molar-refractivity contribution < 1.29 is 0 Å². The van der Waals surface area contributed by atoms with Crippen LogP contribution in [-0.2, 0) is 0 Å². The summed E-state index contributed by atoms with van der Waals surface area (Å²) in [6, 6.07) is 0. The molecule has 1 nitrogen and oxygen atoms in total. The normalized spacial score (nSPS) is 17.9. The van der Waals surface area contributed by atoms with Gasteiger partial charge < -0.3 is 5.32 Å². The third kappa shape index (κ3) is 3.62. The van der Waals surface area contributed by atoms with Crippen molar-refractivity contribution in [3.63, 3.8) is 0 Å². The van der Waals surface area contributed by atoms with Crippen LogP contribution in [0.3, 0.4) is 0 Å². The van der Waals surface area contributed by atoms with Crippen molar-refractivity contribution in [2.45, 2.75) is 67.7 Å². The highest BCUT2D eigenvalue weighted by atomic mass is 14.9. The fourth-order valence-electron chi connectivity index (χ4n) is 2.42. The first kappa shape index (κ1) is 14.3. The molecule has 98 valence electrons. The number of nitrogens with one attached hydrogen (secondary N) is 1. The second-order valence-corrected chi connectivity index (χ2v) is 7.23. The van der Waals surface area contributed by atoms with Gasteiger partial charge in [0.05, 0.1) is 0 Å². The van der Waals surface area contributed by atoms with Crippen LogP contribution in [0.5, 0.6) is 0 Å². The molecule has 0 bridgehead atoms. The minimum Gasteiger partial charge on any atom is -0.365 e. The quantitative estimate of drug-likeness (QED) is 0.709. The van der Waals surface area contributed by atoms with Crippen molar-refractivity contribution in [1.29, 1.82) is 0 Å². The molecule has 0 spiro atoms. The Morgan fingerprint density at radius 1 is 1.06 bits per heavy atom. The van der Waals surface area contributed by atoms with Crippen molar-refractivity contribution in [1.82, 2.24) is 5.32 Å². The third-order valence-corrected chi connectivity index (χ3v) is 3.35. The Kier molecular flexibility index (Phi) is 4.11. The van der Waals surface area contributed by atoms with E-state index in [1.54, 1.807) is 11.1 Å². The lowest BCUT2D eigenvalue weighted by atomic mass is 9.74. The Hall–Kier alpha value is -0.720. The van der Waals surface area contributed by atoms with Gasteiger partial charge in [-0.1, -0.05) is 60.5 Å². The lowest BCUT2D eigenvalue weighted by Crippen LogP contribution is -2.30. The predicted molar refractivity (Wildman–Crippen MR) is 76.7 cm³/mol. The number of rotatable bonds is 2. The van der Waals surface area contributed by atoms with Gasteiger partial charge in [-0.05, 0) is 23.8 Å². The molecule has 0 radical (unpaired) electrons. The summed E-state index contributed by atoms with van der Waals surface area (Å²) in [5.41, 5.74) is 5.01. The Balaban J connectivity index is 3.06. The molecule has 0 atom stereocenters. The summed E-state index contributed by atoms with van der Waals surface area (Å²) in [6.07, 6.45) is 5.83. The molecule has 1 aliphatic rings. The second-order valence-electron chi connectivity index (χ2n) is 7.23. The minimum atomic E-state index is 0.205. The molecule has 0 fully saturated rings. The number of dihydropyridines is 1. The van der Waals surface area contributed by atoms with Gasteiger partial charge in [0, 0.05) is 17.3 Å². The van der Waals surface area contributed by atoms with E-state index >= 15 is 0 Å². The van der Waals surface area contributed by atoms with E-state index in [0.29, 0.717) is 0 Å². The molecule has 0 aromatic heterocycles. The summed E-state index contributed by atoms with van der Waals surface area (Å²) in [6.45, 7) is 16.1. The lowest BCUT2D eigenvalue weighted by molar-refractivity contribution is 0.411. The zero-order valence-electron chi connectivity index (χ0n) is 12.7. The average molecular weight is 235 g/mol. The molecule has 0 unspecified atom stereocenters. The Morgan fingerprint density at radius 2 is 1.65 bits per heavy atom. The highest BCUT2D eigenvalue weighted by Gasteiger charge is 2.30. The molecule has 0 aliphatic carbocycles. The maximum Gasteiger partial charge on any atom is 0.0201 e. The van der Waals surface area contributed by atoms with E-state index in [0.717, 1.165) is 6.42 Å². The second kappa shape index (κ2) is 4.88. The molecule has 0 aromatic rings. The molecule has 1 aliphatic heterocycles. The van der Waals surface area contributed by atoms with E-state index in [2.05, 4.69) is 60.0 Å². The first-order valence-electron chi connectivity index (χ1n) is 6.85. The summed E-state index contributed by atoms with van der Waals surface area (Å²) >= 11 is 0. The van der Waals surface area contributed by atoms with E-state index in [4.69, 9.17) is 0 Å². The molecular formula is C16H29N. The largest absolute Gasteiger partial charge is 0.365 e. The van der Waals surface area contributed by atoms with E-state index < -0.39 is 0 Å². The van der Waals surface area contributed by atoms with Gasteiger partial charge in [0.2, 0.25) is 0 Å². The van der Waals surface area contributed by atoms with Crippen LogP contribution in [0.4, 0.5) is 0 Å². The summed E-state index contributed by atoms with van der Waals surface area (Å²) in [5, 5.41) is 3.57. The molecule has 0 amide bonds. The standard InChI is InChI=1S/C16H29N/c1-8-9-12-10-13(15(2,3)4)14(17-11-12)16(5,6)7/h11,17H,8-10H2,1-7H3. The van der Waals surface area contributed by atoms with Crippen LogP contribution in [0, 0.1) is 10.8 Å². The highest BCUT2D eigenvalue weighted by molar-refractivity contribution is 5.33. The van der Waals surface area contributed by atoms with Gasteiger partial charge in [-0.2, -0.15) is 0 Å². The van der Waals surface area contributed by atoms with E-state index in [1.165, 1.54) is 18.5 Å². The van der Waals surface area contributed by atoms with Gasteiger partial charge in [0.15, 0.2) is 0 Å². The molecule has 0 saturated heterocycles. The fraction of sp³-hybridized carbons (Fsp3) is 0.750. The van der Waals surface area contributed by atoms with Crippen LogP contribution in [-0.4, -0.2) is 0 Å². The number of allylic oxidation sites excluding steroid dienone is 3. The summed E-state index contributed by atoms with van der Waals surface area (Å²) in [4.78, 5) is 0. The molecule has 17 heavy (non-hydrogen) atoms. The van der Waals surface area contributed by atoms with Crippen LogP contribution in [0.2, 0.25) is 0 Å². The summed E-state index contributed by atoms with van der Waals surface area (Å²) in [5.74, 6) is 0. The average Bonchev–Trinajstić information content (AvgIpc) is 2.15.